The number of rotatable bonds is 2. The van der Waals surface area contributed by atoms with Crippen molar-refractivity contribution in [1.29, 1.82) is 0 Å². The number of hydrogen-bond acceptors (Lipinski definition) is 1. The number of benzene rings is 2. The molecule has 19 heavy (non-hydrogen) atoms. The van der Waals surface area contributed by atoms with Crippen molar-refractivity contribution in [2.75, 3.05) is 0 Å². The fourth-order valence-corrected chi connectivity index (χ4v) is 2.16. The first-order valence-corrected chi connectivity index (χ1v) is 6.33. The summed E-state index contributed by atoms with van der Waals surface area (Å²) in [5.74, 6) is -0.871. The molecule has 0 saturated carbocycles. The Balaban J connectivity index is 2.60. The van der Waals surface area contributed by atoms with Gasteiger partial charge in [0, 0.05) is 0 Å². The Labute approximate surface area is 113 Å². The Morgan fingerprint density at radius 1 is 0.947 bits per heavy atom. The summed E-state index contributed by atoms with van der Waals surface area (Å²) in [5, 5.41) is 9.29. The van der Waals surface area contributed by atoms with Crippen LogP contribution < -0.4 is 0 Å². The van der Waals surface area contributed by atoms with E-state index in [1.807, 2.05) is 63.2 Å². The van der Waals surface area contributed by atoms with Crippen LogP contribution in [0.15, 0.2) is 48.5 Å². The Kier molecular flexibility index (Phi) is 3.43. The average molecular weight is 254 g/mol. The quantitative estimate of drug-likeness (QED) is 0.865. The SMILES string of the molecule is CC(C)(C)c1cc(-c2ccccc2)ccc1C(=O)O. The lowest BCUT2D eigenvalue weighted by Gasteiger charge is -2.22. The van der Waals surface area contributed by atoms with Gasteiger partial charge in [-0.2, -0.15) is 0 Å². The monoisotopic (exact) mass is 254 g/mol. The second-order valence-electron chi connectivity index (χ2n) is 5.68. The smallest absolute Gasteiger partial charge is 0.335 e. The van der Waals surface area contributed by atoms with Gasteiger partial charge in [0.1, 0.15) is 0 Å². The summed E-state index contributed by atoms with van der Waals surface area (Å²) < 4.78 is 0. The molecule has 0 spiro atoms. The summed E-state index contributed by atoms with van der Waals surface area (Å²) in [5.41, 5.74) is 3.20. The Bertz CT molecular complexity index is 592. The van der Waals surface area contributed by atoms with Crippen LogP contribution in [0.5, 0.6) is 0 Å². The summed E-state index contributed by atoms with van der Waals surface area (Å²) >= 11 is 0. The van der Waals surface area contributed by atoms with Crippen LogP contribution in [-0.4, -0.2) is 11.1 Å². The van der Waals surface area contributed by atoms with Gasteiger partial charge in [0.25, 0.3) is 0 Å². The molecule has 0 aliphatic carbocycles. The van der Waals surface area contributed by atoms with Gasteiger partial charge in [0.05, 0.1) is 5.56 Å². The van der Waals surface area contributed by atoms with Crippen LogP contribution in [-0.2, 0) is 5.41 Å². The highest BCUT2D eigenvalue weighted by atomic mass is 16.4. The van der Waals surface area contributed by atoms with Crippen molar-refractivity contribution in [3.05, 3.63) is 59.7 Å². The molecule has 0 fully saturated rings. The standard InChI is InChI=1S/C17H18O2/c1-17(2,3)15-11-13(9-10-14(15)16(18)19)12-7-5-4-6-8-12/h4-11H,1-3H3,(H,18,19). The van der Waals surface area contributed by atoms with Crippen LogP contribution in [0.1, 0.15) is 36.7 Å². The van der Waals surface area contributed by atoms with Crippen LogP contribution in [0.3, 0.4) is 0 Å². The molecule has 2 aromatic rings. The molecule has 0 bridgehead atoms. The maximum Gasteiger partial charge on any atom is 0.335 e. The normalized spacial score (nSPS) is 11.3. The fraction of sp³-hybridized carbons (Fsp3) is 0.235. The fourth-order valence-electron chi connectivity index (χ4n) is 2.16. The van der Waals surface area contributed by atoms with Gasteiger partial charge in [-0.05, 0) is 34.2 Å². The molecular weight excluding hydrogens is 236 g/mol. The van der Waals surface area contributed by atoms with E-state index in [4.69, 9.17) is 0 Å². The molecule has 98 valence electrons. The van der Waals surface area contributed by atoms with Crippen LogP contribution in [0.25, 0.3) is 11.1 Å². The maximum atomic E-state index is 11.3. The predicted molar refractivity (Wildman–Crippen MR) is 77.5 cm³/mol. The van der Waals surface area contributed by atoms with Gasteiger partial charge in [-0.3, -0.25) is 0 Å². The van der Waals surface area contributed by atoms with E-state index in [1.165, 1.54) is 0 Å². The number of aromatic carboxylic acids is 1. The molecule has 0 aromatic heterocycles. The van der Waals surface area contributed by atoms with Crippen LogP contribution >= 0.6 is 0 Å². The highest BCUT2D eigenvalue weighted by Crippen LogP contribution is 2.30. The minimum Gasteiger partial charge on any atom is -0.478 e. The Morgan fingerprint density at radius 2 is 1.58 bits per heavy atom. The largest absolute Gasteiger partial charge is 0.478 e. The average Bonchev–Trinajstić information content (AvgIpc) is 2.38. The number of carboxylic acids is 1. The zero-order chi connectivity index (χ0) is 14.0. The van der Waals surface area contributed by atoms with Gasteiger partial charge in [0.2, 0.25) is 0 Å². The topological polar surface area (TPSA) is 37.3 Å². The van der Waals surface area contributed by atoms with Crippen molar-refractivity contribution in [2.45, 2.75) is 26.2 Å². The zero-order valence-corrected chi connectivity index (χ0v) is 11.5. The van der Waals surface area contributed by atoms with E-state index in [0.717, 1.165) is 16.7 Å². The minimum atomic E-state index is -0.871. The summed E-state index contributed by atoms with van der Waals surface area (Å²) in [6.45, 7) is 6.09. The van der Waals surface area contributed by atoms with Crippen molar-refractivity contribution in [3.8, 4) is 11.1 Å². The van der Waals surface area contributed by atoms with E-state index in [9.17, 15) is 9.90 Å². The van der Waals surface area contributed by atoms with Gasteiger partial charge >= 0.3 is 5.97 Å². The van der Waals surface area contributed by atoms with Crippen LogP contribution in [0.2, 0.25) is 0 Å². The molecule has 0 aliphatic heterocycles. The van der Waals surface area contributed by atoms with Gasteiger partial charge in [-0.15, -0.1) is 0 Å². The molecule has 2 nitrogen and oxygen atoms in total. The van der Waals surface area contributed by atoms with Crippen LogP contribution in [0.4, 0.5) is 0 Å². The molecule has 0 amide bonds. The first kappa shape index (κ1) is 13.3. The molecule has 0 unspecified atom stereocenters. The Hall–Kier alpha value is -2.09. The summed E-state index contributed by atoms with van der Waals surface area (Å²) in [7, 11) is 0. The third kappa shape index (κ3) is 2.84. The first-order valence-electron chi connectivity index (χ1n) is 6.33. The first-order chi connectivity index (χ1) is 8.89. The number of carbonyl (C=O) groups is 1. The van der Waals surface area contributed by atoms with Crippen molar-refractivity contribution < 1.29 is 9.90 Å². The lowest BCUT2D eigenvalue weighted by Crippen LogP contribution is -2.17. The summed E-state index contributed by atoms with van der Waals surface area (Å²) in [6, 6.07) is 15.6. The lowest BCUT2D eigenvalue weighted by molar-refractivity contribution is 0.0694. The van der Waals surface area contributed by atoms with Crippen molar-refractivity contribution in [1.82, 2.24) is 0 Å². The third-order valence-corrected chi connectivity index (χ3v) is 3.17. The van der Waals surface area contributed by atoms with Crippen molar-refractivity contribution >= 4 is 5.97 Å². The van der Waals surface area contributed by atoms with Gasteiger partial charge in [-0.1, -0.05) is 57.2 Å². The molecular formula is C17H18O2. The van der Waals surface area contributed by atoms with Crippen molar-refractivity contribution in [2.24, 2.45) is 0 Å². The lowest BCUT2D eigenvalue weighted by atomic mass is 9.82. The second-order valence-corrected chi connectivity index (χ2v) is 5.68. The zero-order valence-electron chi connectivity index (χ0n) is 11.5. The molecule has 2 heteroatoms. The molecule has 2 aromatic carbocycles. The number of hydrogen-bond donors (Lipinski definition) is 1. The number of carboxylic acid groups (broad SMARTS) is 1. The van der Waals surface area contributed by atoms with Gasteiger partial charge < -0.3 is 5.11 Å². The highest BCUT2D eigenvalue weighted by molar-refractivity contribution is 5.90. The van der Waals surface area contributed by atoms with Crippen LogP contribution in [0, 0.1) is 0 Å². The molecule has 0 saturated heterocycles. The van der Waals surface area contributed by atoms with Crippen molar-refractivity contribution in [3.63, 3.8) is 0 Å². The van der Waals surface area contributed by atoms with Gasteiger partial charge in [-0.25, -0.2) is 4.79 Å². The molecule has 0 atom stereocenters. The highest BCUT2D eigenvalue weighted by Gasteiger charge is 2.22. The molecule has 1 N–H and O–H groups in total. The summed E-state index contributed by atoms with van der Waals surface area (Å²) in [6.07, 6.45) is 0. The van der Waals surface area contributed by atoms with E-state index in [1.54, 1.807) is 6.07 Å². The van der Waals surface area contributed by atoms with E-state index in [-0.39, 0.29) is 5.41 Å². The van der Waals surface area contributed by atoms with E-state index >= 15 is 0 Å². The van der Waals surface area contributed by atoms with Gasteiger partial charge in [0.15, 0.2) is 0 Å². The van der Waals surface area contributed by atoms with E-state index < -0.39 is 5.97 Å². The predicted octanol–water partition coefficient (Wildman–Crippen LogP) is 4.35. The second kappa shape index (κ2) is 4.88. The van der Waals surface area contributed by atoms with E-state index in [2.05, 4.69) is 0 Å². The molecule has 0 aliphatic rings. The Morgan fingerprint density at radius 3 is 2.11 bits per heavy atom. The maximum absolute atomic E-state index is 11.3. The molecule has 0 heterocycles. The van der Waals surface area contributed by atoms with E-state index in [0.29, 0.717) is 5.56 Å². The summed E-state index contributed by atoms with van der Waals surface area (Å²) in [4.78, 5) is 11.3. The molecule has 0 radical (unpaired) electrons. The molecule has 2 rings (SSSR count). The minimum absolute atomic E-state index is 0.196. The third-order valence-electron chi connectivity index (χ3n) is 3.17.